The van der Waals surface area contributed by atoms with Crippen LogP contribution in [0, 0.1) is 12.3 Å². The Kier molecular flexibility index (Phi) is 6.31. The van der Waals surface area contributed by atoms with Gasteiger partial charge in [0.1, 0.15) is 22.6 Å². The molecular formula is C26H26N6O4. The number of hydrogen-bond acceptors (Lipinski definition) is 8. The number of piperidine rings is 1. The first-order chi connectivity index (χ1) is 17.5. The van der Waals surface area contributed by atoms with Gasteiger partial charge in [-0.3, -0.25) is 14.2 Å². The number of anilines is 1. The molecule has 36 heavy (non-hydrogen) atoms. The Labute approximate surface area is 207 Å². The van der Waals surface area contributed by atoms with Crippen LogP contribution in [-0.2, 0) is 13.1 Å². The molecule has 5 rings (SSSR count). The van der Waals surface area contributed by atoms with Crippen LogP contribution in [0.4, 0.5) is 5.82 Å². The van der Waals surface area contributed by atoms with Crippen LogP contribution in [0.25, 0.3) is 11.0 Å². The van der Waals surface area contributed by atoms with Crippen LogP contribution in [0.5, 0.6) is 5.75 Å². The van der Waals surface area contributed by atoms with Gasteiger partial charge in [-0.1, -0.05) is 23.2 Å². The second-order valence-electron chi connectivity index (χ2n) is 8.79. The molecular weight excluding hydrogens is 460 g/mol. The standard InChI is InChI=1S/C26H26N6O4/c1-3-21-23-24(26(34)31(16-28-23)15-22(33)17-6-4-8-19(12-17)35-2)32(14-20-9-10-29-36-20)25(21)30-11-5-7-18(27)13-30/h1,4,6,8-10,12,16,18H,5,7,11,13-15,27H2,2H3. The molecule has 1 fully saturated rings. The Bertz CT molecular complexity index is 1510. The summed E-state index contributed by atoms with van der Waals surface area (Å²) in [4.78, 5) is 33.4. The minimum atomic E-state index is -0.375. The average molecular weight is 487 g/mol. The maximum absolute atomic E-state index is 13.8. The first kappa shape index (κ1) is 23.4. The third kappa shape index (κ3) is 4.25. The summed E-state index contributed by atoms with van der Waals surface area (Å²) < 4.78 is 13.7. The van der Waals surface area contributed by atoms with Crippen LogP contribution in [-0.4, -0.2) is 51.3 Å². The van der Waals surface area contributed by atoms with E-state index in [9.17, 15) is 9.59 Å². The lowest BCUT2D eigenvalue weighted by Crippen LogP contribution is -2.44. The minimum Gasteiger partial charge on any atom is -0.497 e. The van der Waals surface area contributed by atoms with Crippen molar-refractivity contribution in [1.82, 2.24) is 19.3 Å². The molecule has 0 bridgehead atoms. The number of nitrogens with two attached hydrogens (primary N) is 1. The molecule has 1 atom stereocenters. The Hall–Kier alpha value is -4.36. The lowest BCUT2D eigenvalue weighted by Gasteiger charge is -2.33. The van der Waals surface area contributed by atoms with E-state index in [1.165, 1.54) is 18.0 Å². The molecule has 184 valence electrons. The van der Waals surface area contributed by atoms with Gasteiger partial charge in [0.2, 0.25) is 0 Å². The van der Waals surface area contributed by atoms with Gasteiger partial charge in [-0.2, -0.15) is 0 Å². The van der Waals surface area contributed by atoms with E-state index in [1.807, 2.05) is 4.57 Å². The van der Waals surface area contributed by atoms with Crippen LogP contribution in [0.3, 0.4) is 0 Å². The molecule has 2 N–H and O–H groups in total. The lowest BCUT2D eigenvalue weighted by atomic mass is 10.1. The minimum absolute atomic E-state index is 0.00813. The molecule has 1 unspecified atom stereocenters. The molecule has 1 aromatic carbocycles. The molecule has 10 heteroatoms. The fraction of sp³-hybridized carbons (Fsp3) is 0.308. The molecule has 0 aliphatic carbocycles. The zero-order valence-electron chi connectivity index (χ0n) is 19.9. The second kappa shape index (κ2) is 9.71. The summed E-state index contributed by atoms with van der Waals surface area (Å²) >= 11 is 0. The van der Waals surface area contributed by atoms with Crippen molar-refractivity contribution in [2.24, 2.45) is 5.73 Å². The molecule has 1 aliphatic rings. The van der Waals surface area contributed by atoms with Crippen molar-refractivity contribution in [3.8, 4) is 18.1 Å². The van der Waals surface area contributed by atoms with Crippen LogP contribution in [0.15, 0.2) is 52.2 Å². The van der Waals surface area contributed by atoms with Crippen molar-refractivity contribution in [2.45, 2.75) is 32.0 Å². The quantitative estimate of drug-likeness (QED) is 0.311. The SMILES string of the molecule is C#Cc1c(N2CCCC(N)C2)n(Cc2ccno2)c2c(=O)n(CC(=O)c3cccc(OC)c3)cnc12. The van der Waals surface area contributed by atoms with Gasteiger partial charge in [0.25, 0.3) is 5.56 Å². The topological polar surface area (TPSA) is 121 Å². The highest BCUT2D eigenvalue weighted by Gasteiger charge is 2.28. The van der Waals surface area contributed by atoms with Gasteiger partial charge in [-0.15, -0.1) is 6.42 Å². The predicted octanol–water partition coefficient (Wildman–Crippen LogP) is 2.03. The van der Waals surface area contributed by atoms with E-state index in [0.717, 1.165) is 19.4 Å². The molecule has 1 saturated heterocycles. The van der Waals surface area contributed by atoms with Gasteiger partial charge in [-0.25, -0.2) is 4.98 Å². The van der Waals surface area contributed by atoms with Crippen molar-refractivity contribution >= 4 is 22.6 Å². The van der Waals surface area contributed by atoms with E-state index < -0.39 is 0 Å². The number of ether oxygens (including phenoxy) is 1. The number of fused-ring (bicyclic) bond motifs is 1. The first-order valence-corrected chi connectivity index (χ1v) is 11.7. The number of rotatable bonds is 7. The number of ketones is 1. The Balaban J connectivity index is 1.63. The number of carbonyl (C=O) groups is 1. The van der Waals surface area contributed by atoms with E-state index in [4.69, 9.17) is 21.4 Å². The van der Waals surface area contributed by atoms with E-state index in [-0.39, 0.29) is 30.5 Å². The number of terminal acetylenes is 1. The van der Waals surface area contributed by atoms with E-state index in [0.29, 0.717) is 46.0 Å². The summed E-state index contributed by atoms with van der Waals surface area (Å²) in [6.45, 7) is 1.39. The monoisotopic (exact) mass is 486 g/mol. The molecule has 4 heterocycles. The number of hydrogen-bond donors (Lipinski definition) is 1. The fourth-order valence-corrected chi connectivity index (χ4v) is 4.70. The largest absolute Gasteiger partial charge is 0.497 e. The molecule has 0 saturated carbocycles. The van der Waals surface area contributed by atoms with Gasteiger partial charge in [0.15, 0.2) is 11.5 Å². The molecule has 3 aromatic heterocycles. The Morgan fingerprint density at radius 1 is 1.36 bits per heavy atom. The smallest absolute Gasteiger partial charge is 0.278 e. The number of Topliss-reactive ketones (excluding diaryl/α,β-unsaturated/α-hetero) is 1. The fourth-order valence-electron chi connectivity index (χ4n) is 4.70. The van der Waals surface area contributed by atoms with Gasteiger partial charge < -0.3 is 24.5 Å². The lowest BCUT2D eigenvalue weighted by molar-refractivity contribution is 0.0970. The molecule has 0 radical (unpaired) electrons. The second-order valence-corrected chi connectivity index (χ2v) is 8.79. The summed E-state index contributed by atoms with van der Waals surface area (Å²) in [6, 6.07) is 8.53. The number of aromatic nitrogens is 4. The van der Waals surface area contributed by atoms with E-state index >= 15 is 0 Å². The van der Waals surface area contributed by atoms with Crippen molar-refractivity contribution < 1.29 is 14.1 Å². The van der Waals surface area contributed by atoms with Gasteiger partial charge in [0, 0.05) is 30.8 Å². The maximum atomic E-state index is 13.8. The molecule has 4 aromatic rings. The van der Waals surface area contributed by atoms with Gasteiger partial charge in [0.05, 0.1) is 38.3 Å². The highest BCUT2D eigenvalue weighted by molar-refractivity contribution is 5.96. The van der Waals surface area contributed by atoms with Crippen molar-refractivity contribution in [2.75, 3.05) is 25.1 Å². The first-order valence-electron chi connectivity index (χ1n) is 11.7. The maximum Gasteiger partial charge on any atom is 0.278 e. The highest BCUT2D eigenvalue weighted by Crippen LogP contribution is 2.32. The summed E-state index contributed by atoms with van der Waals surface area (Å²) in [7, 11) is 1.53. The molecule has 0 spiro atoms. The number of benzene rings is 1. The van der Waals surface area contributed by atoms with E-state index in [1.54, 1.807) is 36.5 Å². The molecule has 0 amide bonds. The zero-order chi connectivity index (χ0) is 25.2. The van der Waals surface area contributed by atoms with Crippen molar-refractivity contribution in [3.63, 3.8) is 0 Å². The Morgan fingerprint density at radius 3 is 2.94 bits per heavy atom. The molecule has 1 aliphatic heterocycles. The van der Waals surface area contributed by atoms with Crippen LogP contribution < -0.4 is 20.9 Å². The van der Waals surface area contributed by atoms with Gasteiger partial charge >= 0.3 is 0 Å². The van der Waals surface area contributed by atoms with Gasteiger partial charge in [-0.05, 0) is 25.0 Å². The molecule has 10 nitrogen and oxygen atoms in total. The number of nitrogens with zero attached hydrogens (tertiary/aromatic N) is 5. The summed E-state index contributed by atoms with van der Waals surface area (Å²) in [6.07, 6.45) is 10.7. The number of carbonyl (C=O) groups excluding carboxylic acids is 1. The third-order valence-electron chi connectivity index (χ3n) is 6.41. The summed E-state index contributed by atoms with van der Waals surface area (Å²) in [5.41, 5.74) is 7.54. The highest BCUT2D eigenvalue weighted by atomic mass is 16.5. The van der Waals surface area contributed by atoms with Crippen LogP contribution in [0.2, 0.25) is 0 Å². The predicted molar refractivity (Wildman–Crippen MR) is 134 cm³/mol. The normalized spacial score (nSPS) is 15.7. The van der Waals surface area contributed by atoms with Crippen molar-refractivity contribution in [1.29, 1.82) is 0 Å². The van der Waals surface area contributed by atoms with E-state index in [2.05, 4.69) is 21.0 Å². The summed E-state index contributed by atoms with van der Waals surface area (Å²) in [5, 5.41) is 3.79. The number of methoxy groups -OCH3 is 1. The van der Waals surface area contributed by atoms with Crippen LogP contribution >= 0.6 is 0 Å². The third-order valence-corrected chi connectivity index (χ3v) is 6.41. The average Bonchev–Trinajstić information content (AvgIpc) is 3.52. The zero-order valence-corrected chi connectivity index (χ0v) is 19.9. The van der Waals surface area contributed by atoms with Crippen molar-refractivity contribution in [3.05, 3.63) is 70.1 Å². The Morgan fingerprint density at radius 2 is 2.22 bits per heavy atom. The summed E-state index contributed by atoms with van der Waals surface area (Å²) in [5.74, 6) is 4.30. The van der Waals surface area contributed by atoms with Crippen LogP contribution in [0.1, 0.15) is 34.5 Å².